The van der Waals surface area contributed by atoms with Crippen molar-refractivity contribution in [2.24, 2.45) is 5.73 Å². The minimum absolute atomic E-state index is 0.189. The van der Waals surface area contributed by atoms with E-state index in [4.69, 9.17) is 5.73 Å². The van der Waals surface area contributed by atoms with E-state index in [-0.39, 0.29) is 5.91 Å². The van der Waals surface area contributed by atoms with Crippen molar-refractivity contribution in [1.29, 1.82) is 0 Å². The Labute approximate surface area is 145 Å². The van der Waals surface area contributed by atoms with E-state index in [0.717, 1.165) is 17.0 Å². The number of aromatic amines is 1. The smallest absolute Gasteiger partial charge is 0.253 e. The first-order chi connectivity index (χ1) is 12.0. The van der Waals surface area contributed by atoms with Gasteiger partial charge in [0.05, 0.1) is 5.56 Å². The molecule has 6 nitrogen and oxygen atoms in total. The van der Waals surface area contributed by atoms with Crippen molar-refractivity contribution in [3.63, 3.8) is 0 Å². The Morgan fingerprint density at radius 3 is 2.76 bits per heavy atom. The first-order valence-corrected chi connectivity index (χ1v) is 7.83. The average molecular weight is 344 g/mol. The molecule has 0 atom stereocenters. The zero-order valence-electron chi connectivity index (χ0n) is 14.2. The van der Waals surface area contributed by atoms with Gasteiger partial charge in [-0.2, -0.15) is 0 Å². The SMILES string of the molecule is Cc1[nH]c(/C=C/c2cc(F)ccc2NC=O)c(C)c1C(=O)NCCN. The predicted octanol–water partition coefficient (Wildman–Crippen LogP) is 2.20. The van der Waals surface area contributed by atoms with Crippen LogP contribution in [0.2, 0.25) is 0 Å². The number of rotatable bonds is 7. The third-order valence-electron chi connectivity index (χ3n) is 3.79. The third kappa shape index (κ3) is 4.33. The van der Waals surface area contributed by atoms with E-state index in [1.54, 1.807) is 12.2 Å². The summed E-state index contributed by atoms with van der Waals surface area (Å²) in [4.78, 5) is 26.0. The van der Waals surface area contributed by atoms with Gasteiger partial charge >= 0.3 is 0 Å². The Bertz CT molecular complexity index is 812. The molecule has 0 saturated heterocycles. The van der Waals surface area contributed by atoms with Crippen LogP contribution in [0.4, 0.5) is 10.1 Å². The number of anilines is 1. The van der Waals surface area contributed by atoms with Crippen molar-refractivity contribution in [3.8, 4) is 0 Å². The average Bonchev–Trinajstić information content (AvgIpc) is 2.87. The standard InChI is InChI=1S/C18H21FN4O2/c1-11-15(23-12(2)17(11)18(25)21-8-7-20)5-3-13-9-14(19)4-6-16(13)22-10-24/h3-6,9-10,23H,7-8,20H2,1-2H3,(H,21,25)(H,22,24)/b5-3+. The number of aromatic nitrogens is 1. The molecular weight excluding hydrogens is 323 g/mol. The Morgan fingerprint density at radius 2 is 2.08 bits per heavy atom. The van der Waals surface area contributed by atoms with Crippen molar-refractivity contribution >= 4 is 30.2 Å². The lowest BCUT2D eigenvalue weighted by molar-refractivity contribution is -0.105. The van der Waals surface area contributed by atoms with Gasteiger partial charge in [-0.05, 0) is 43.7 Å². The summed E-state index contributed by atoms with van der Waals surface area (Å²) < 4.78 is 13.5. The lowest BCUT2D eigenvalue weighted by atomic mass is 10.1. The minimum Gasteiger partial charge on any atom is -0.358 e. The van der Waals surface area contributed by atoms with Gasteiger partial charge in [0.15, 0.2) is 0 Å². The van der Waals surface area contributed by atoms with Crippen molar-refractivity contribution < 1.29 is 14.0 Å². The molecule has 2 rings (SSSR count). The van der Waals surface area contributed by atoms with E-state index in [9.17, 15) is 14.0 Å². The van der Waals surface area contributed by atoms with E-state index in [2.05, 4.69) is 15.6 Å². The second-order valence-electron chi connectivity index (χ2n) is 5.54. The second kappa shape index (κ2) is 8.25. The molecule has 5 N–H and O–H groups in total. The number of hydrogen-bond acceptors (Lipinski definition) is 3. The quantitative estimate of drug-likeness (QED) is 0.579. The van der Waals surface area contributed by atoms with Crippen LogP contribution < -0.4 is 16.4 Å². The molecule has 0 saturated carbocycles. The molecule has 0 aliphatic heterocycles. The van der Waals surface area contributed by atoms with Crippen LogP contribution in [0.5, 0.6) is 0 Å². The van der Waals surface area contributed by atoms with Crippen LogP contribution in [0.25, 0.3) is 12.2 Å². The summed E-state index contributed by atoms with van der Waals surface area (Å²) in [5, 5.41) is 5.27. The number of carbonyl (C=O) groups excluding carboxylic acids is 2. The van der Waals surface area contributed by atoms with E-state index >= 15 is 0 Å². The molecular formula is C18H21FN4O2. The number of hydrogen-bond donors (Lipinski definition) is 4. The summed E-state index contributed by atoms with van der Waals surface area (Å²) in [6, 6.07) is 4.08. The number of carbonyl (C=O) groups is 2. The maximum atomic E-state index is 13.5. The number of benzene rings is 1. The number of H-pyrrole nitrogens is 1. The molecule has 1 aromatic carbocycles. The topological polar surface area (TPSA) is 100 Å². The number of nitrogens with two attached hydrogens (primary N) is 1. The number of amides is 2. The molecule has 0 fully saturated rings. The summed E-state index contributed by atoms with van der Waals surface area (Å²) >= 11 is 0. The van der Waals surface area contributed by atoms with E-state index < -0.39 is 5.82 Å². The van der Waals surface area contributed by atoms with Crippen LogP contribution in [0, 0.1) is 19.7 Å². The van der Waals surface area contributed by atoms with E-state index in [1.807, 2.05) is 13.8 Å². The second-order valence-corrected chi connectivity index (χ2v) is 5.54. The van der Waals surface area contributed by atoms with Crippen LogP contribution in [-0.4, -0.2) is 30.4 Å². The van der Waals surface area contributed by atoms with Gasteiger partial charge < -0.3 is 21.4 Å². The van der Waals surface area contributed by atoms with E-state index in [1.165, 1.54) is 18.2 Å². The number of aryl methyl sites for hydroxylation is 1. The minimum atomic E-state index is -0.405. The Hall–Kier alpha value is -2.93. The lowest BCUT2D eigenvalue weighted by Crippen LogP contribution is -2.29. The third-order valence-corrected chi connectivity index (χ3v) is 3.79. The highest BCUT2D eigenvalue weighted by Gasteiger charge is 2.16. The van der Waals surface area contributed by atoms with Crippen molar-refractivity contribution in [3.05, 3.63) is 52.1 Å². The maximum Gasteiger partial charge on any atom is 0.253 e. The lowest BCUT2D eigenvalue weighted by Gasteiger charge is -2.05. The van der Waals surface area contributed by atoms with Gasteiger partial charge in [0, 0.05) is 35.7 Å². The molecule has 2 amide bonds. The van der Waals surface area contributed by atoms with Gasteiger partial charge in [-0.3, -0.25) is 9.59 Å². The molecule has 0 radical (unpaired) electrons. The zero-order chi connectivity index (χ0) is 18.4. The number of halogens is 1. The summed E-state index contributed by atoms with van der Waals surface area (Å²) in [5.74, 6) is -0.595. The molecule has 1 heterocycles. The van der Waals surface area contributed by atoms with Gasteiger partial charge in [-0.15, -0.1) is 0 Å². The van der Waals surface area contributed by atoms with Gasteiger partial charge in [0.25, 0.3) is 5.91 Å². The molecule has 0 bridgehead atoms. The van der Waals surface area contributed by atoms with Crippen LogP contribution in [-0.2, 0) is 4.79 Å². The highest BCUT2D eigenvalue weighted by molar-refractivity contribution is 5.98. The Morgan fingerprint density at radius 1 is 1.32 bits per heavy atom. The van der Waals surface area contributed by atoms with Gasteiger partial charge in [0.1, 0.15) is 5.82 Å². The fraction of sp³-hybridized carbons (Fsp3) is 0.222. The zero-order valence-corrected chi connectivity index (χ0v) is 14.2. The molecule has 0 spiro atoms. The van der Waals surface area contributed by atoms with Gasteiger partial charge in [-0.25, -0.2) is 4.39 Å². The molecule has 0 unspecified atom stereocenters. The number of nitrogens with one attached hydrogen (secondary N) is 3. The molecule has 7 heteroatoms. The largest absolute Gasteiger partial charge is 0.358 e. The van der Waals surface area contributed by atoms with Gasteiger partial charge in [-0.1, -0.05) is 6.08 Å². The molecule has 0 aliphatic carbocycles. The fourth-order valence-corrected chi connectivity index (χ4v) is 2.60. The molecule has 1 aromatic heterocycles. The first kappa shape index (κ1) is 18.4. The maximum absolute atomic E-state index is 13.5. The summed E-state index contributed by atoms with van der Waals surface area (Å²) in [6.07, 6.45) is 3.95. The monoisotopic (exact) mass is 344 g/mol. The Balaban J connectivity index is 2.32. The normalized spacial score (nSPS) is 10.9. The Kier molecular flexibility index (Phi) is 6.08. The summed E-state index contributed by atoms with van der Waals surface area (Å²) in [7, 11) is 0. The highest BCUT2D eigenvalue weighted by Crippen LogP contribution is 2.23. The van der Waals surface area contributed by atoms with Crippen LogP contribution >= 0.6 is 0 Å². The van der Waals surface area contributed by atoms with Crippen molar-refractivity contribution in [1.82, 2.24) is 10.3 Å². The van der Waals surface area contributed by atoms with Crippen LogP contribution in [0.1, 0.15) is 32.9 Å². The van der Waals surface area contributed by atoms with Gasteiger partial charge in [0.2, 0.25) is 6.41 Å². The molecule has 132 valence electrons. The highest BCUT2D eigenvalue weighted by atomic mass is 19.1. The molecule has 25 heavy (non-hydrogen) atoms. The fourth-order valence-electron chi connectivity index (χ4n) is 2.60. The van der Waals surface area contributed by atoms with Crippen LogP contribution in [0.15, 0.2) is 18.2 Å². The van der Waals surface area contributed by atoms with Crippen molar-refractivity contribution in [2.45, 2.75) is 13.8 Å². The first-order valence-electron chi connectivity index (χ1n) is 7.83. The molecule has 0 aliphatic rings. The van der Waals surface area contributed by atoms with Crippen molar-refractivity contribution in [2.75, 3.05) is 18.4 Å². The summed E-state index contributed by atoms with van der Waals surface area (Å²) in [5.41, 5.74) is 9.24. The van der Waals surface area contributed by atoms with E-state index in [0.29, 0.717) is 36.3 Å². The summed E-state index contributed by atoms with van der Waals surface area (Å²) in [6.45, 7) is 4.41. The van der Waals surface area contributed by atoms with Crippen LogP contribution in [0.3, 0.4) is 0 Å². The molecule has 2 aromatic rings. The predicted molar refractivity (Wildman–Crippen MR) is 96.7 cm³/mol.